The molecule has 2 heterocycles. The van der Waals surface area contributed by atoms with E-state index in [9.17, 15) is 0 Å². The van der Waals surface area contributed by atoms with Crippen LogP contribution in [0.1, 0.15) is 19.4 Å². The molecule has 0 atom stereocenters. The molecule has 5 nitrogen and oxygen atoms in total. The molecule has 0 radical (unpaired) electrons. The predicted molar refractivity (Wildman–Crippen MR) is 80.3 cm³/mol. The summed E-state index contributed by atoms with van der Waals surface area (Å²) in [5.74, 6) is 1.36. The minimum absolute atomic E-state index is 0.492. The molecule has 21 heavy (non-hydrogen) atoms. The van der Waals surface area contributed by atoms with E-state index in [2.05, 4.69) is 39.7 Å². The van der Waals surface area contributed by atoms with E-state index in [1.165, 1.54) is 0 Å². The first kappa shape index (κ1) is 13.3. The van der Waals surface area contributed by atoms with Crippen LogP contribution < -0.4 is 0 Å². The topological polar surface area (TPSA) is 67.4 Å². The van der Waals surface area contributed by atoms with Gasteiger partial charge in [-0.05, 0) is 30.2 Å². The largest absolute Gasteiger partial charge is 0.324 e. The monoisotopic (exact) mass is 277 g/mol. The average molecular weight is 277 g/mol. The van der Waals surface area contributed by atoms with Gasteiger partial charge in [0.1, 0.15) is 5.82 Å². The predicted octanol–water partition coefficient (Wildman–Crippen LogP) is 3.02. The maximum Gasteiger partial charge on any atom is 0.142 e. The van der Waals surface area contributed by atoms with Gasteiger partial charge >= 0.3 is 0 Å². The quantitative estimate of drug-likeness (QED) is 0.738. The summed E-state index contributed by atoms with van der Waals surface area (Å²) >= 11 is 0. The highest BCUT2D eigenvalue weighted by Gasteiger charge is 2.14. The van der Waals surface area contributed by atoms with Crippen molar-refractivity contribution >= 4 is 11.0 Å². The van der Waals surface area contributed by atoms with Gasteiger partial charge in [-0.15, -0.1) is 0 Å². The number of benzene rings is 1. The van der Waals surface area contributed by atoms with Gasteiger partial charge in [0.2, 0.25) is 0 Å². The fourth-order valence-electron chi connectivity index (χ4n) is 2.39. The molecule has 1 aromatic carbocycles. The van der Waals surface area contributed by atoms with Crippen LogP contribution in [0, 0.1) is 17.2 Å². The molecule has 0 saturated carbocycles. The fraction of sp³-hybridized carbons (Fsp3) is 0.250. The van der Waals surface area contributed by atoms with Crippen LogP contribution in [0.25, 0.3) is 22.4 Å². The van der Waals surface area contributed by atoms with Crippen LogP contribution in [0.2, 0.25) is 0 Å². The number of aromatic nitrogens is 4. The van der Waals surface area contributed by atoms with Crippen LogP contribution in [-0.2, 0) is 6.54 Å². The zero-order chi connectivity index (χ0) is 14.8. The number of rotatable bonds is 3. The number of hydrogen-bond acceptors (Lipinski definition) is 4. The van der Waals surface area contributed by atoms with Crippen molar-refractivity contribution in [2.45, 2.75) is 20.4 Å². The molecule has 0 amide bonds. The molecule has 3 rings (SSSR count). The zero-order valence-corrected chi connectivity index (χ0v) is 12.0. The molecule has 0 aliphatic heterocycles. The van der Waals surface area contributed by atoms with Gasteiger partial charge in [0.05, 0.1) is 35.1 Å². The van der Waals surface area contributed by atoms with E-state index in [0.717, 1.165) is 29.0 Å². The lowest BCUT2D eigenvalue weighted by Crippen LogP contribution is -2.06. The normalized spacial score (nSPS) is 11.0. The van der Waals surface area contributed by atoms with Gasteiger partial charge in [-0.3, -0.25) is 0 Å². The zero-order valence-electron chi connectivity index (χ0n) is 12.0. The van der Waals surface area contributed by atoms with Crippen molar-refractivity contribution < 1.29 is 0 Å². The molecule has 0 aliphatic carbocycles. The summed E-state index contributed by atoms with van der Waals surface area (Å²) in [6, 6.07) is 9.67. The molecule has 104 valence electrons. The van der Waals surface area contributed by atoms with E-state index in [1.807, 2.05) is 24.3 Å². The van der Waals surface area contributed by atoms with Crippen molar-refractivity contribution in [1.82, 2.24) is 19.7 Å². The number of fused-ring (bicyclic) bond motifs is 1. The van der Waals surface area contributed by atoms with Crippen molar-refractivity contribution in [2.24, 2.45) is 5.92 Å². The number of hydrogen-bond donors (Lipinski definition) is 0. The summed E-state index contributed by atoms with van der Waals surface area (Å²) in [5, 5.41) is 16.8. The Morgan fingerprint density at radius 1 is 1.24 bits per heavy atom. The van der Waals surface area contributed by atoms with E-state index in [0.29, 0.717) is 11.5 Å². The maximum atomic E-state index is 9.03. The molecule has 0 saturated heterocycles. The summed E-state index contributed by atoms with van der Waals surface area (Å²) in [7, 11) is 0. The van der Waals surface area contributed by atoms with Gasteiger partial charge in [0.15, 0.2) is 0 Å². The lowest BCUT2D eigenvalue weighted by Gasteiger charge is -2.11. The number of nitriles is 1. The molecule has 0 N–H and O–H groups in total. The third kappa shape index (κ3) is 2.48. The first-order chi connectivity index (χ1) is 10.2. The first-order valence-electron chi connectivity index (χ1n) is 6.86. The molecule has 0 bridgehead atoms. The third-order valence-corrected chi connectivity index (χ3v) is 3.27. The van der Waals surface area contributed by atoms with Crippen molar-refractivity contribution in [3.8, 4) is 17.5 Å². The molecule has 3 aromatic rings. The maximum absolute atomic E-state index is 9.03. The highest BCUT2D eigenvalue weighted by Crippen LogP contribution is 2.25. The van der Waals surface area contributed by atoms with E-state index in [1.54, 1.807) is 12.4 Å². The molecule has 0 fully saturated rings. The summed E-state index contributed by atoms with van der Waals surface area (Å²) in [4.78, 5) is 4.69. The van der Waals surface area contributed by atoms with Gasteiger partial charge in [-0.25, -0.2) is 4.98 Å². The van der Waals surface area contributed by atoms with E-state index in [-0.39, 0.29) is 0 Å². The number of nitrogens with zero attached hydrogens (tertiary/aromatic N) is 5. The van der Waals surface area contributed by atoms with Crippen LogP contribution in [0.3, 0.4) is 0 Å². The molecule has 2 aromatic heterocycles. The second-order valence-electron chi connectivity index (χ2n) is 5.39. The Labute approximate surface area is 122 Å². The standard InChI is InChI=1S/C16H15N5/c1-11(2)10-21-15-4-3-12(8-17)7-14(15)20-16(21)13-5-6-18-19-9-13/h3-7,9,11H,10H2,1-2H3. The Balaban J connectivity index is 2.25. The van der Waals surface area contributed by atoms with Gasteiger partial charge in [0, 0.05) is 12.1 Å². The summed E-state index contributed by atoms with van der Waals surface area (Å²) in [5.41, 5.74) is 3.42. The minimum atomic E-state index is 0.492. The van der Waals surface area contributed by atoms with Crippen LogP contribution >= 0.6 is 0 Å². The highest BCUT2D eigenvalue weighted by molar-refractivity contribution is 5.81. The van der Waals surface area contributed by atoms with Crippen molar-refractivity contribution in [1.29, 1.82) is 5.26 Å². The van der Waals surface area contributed by atoms with Gasteiger partial charge < -0.3 is 4.57 Å². The smallest absolute Gasteiger partial charge is 0.142 e. The molecule has 0 spiro atoms. The van der Waals surface area contributed by atoms with E-state index in [4.69, 9.17) is 5.26 Å². The Bertz CT molecular complexity index is 812. The van der Waals surface area contributed by atoms with Gasteiger partial charge in [0.25, 0.3) is 0 Å². The van der Waals surface area contributed by atoms with E-state index < -0.39 is 0 Å². The fourth-order valence-corrected chi connectivity index (χ4v) is 2.39. The molecule has 0 unspecified atom stereocenters. The van der Waals surface area contributed by atoms with Crippen molar-refractivity contribution in [2.75, 3.05) is 0 Å². The van der Waals surface area contributed by atoms with Gasteiger partial charge in [-0.2, -0.15) is 15.5 Å². The second kappa shape index (κ2) is 5.33. The van der Waals surface area contributed by atoms with Crippen molar-refractivity contribution in [3.05, 3.63) is 42.2 Å². The Hall–Kier alpha value is -2.74. The molecule has 5 heteroatoms. The van der Waals surface area contributed by atoms with Crippen LogP contribution in [0.5, 0.6) is 0 Å². The van der Waals surface area contributed by atoms with Crippen LogP contribution in [0.4, 0.5) is 0 Å². The Morgan fingerprint density at radius 2 is 2.10 bits per heavy atom. The third-order valence-electron chi connectivity index (χ3n) is 3.27. The lowest BCUT2D eigenvalue weighted by molar-refractivity contribution is 0.536. The summed E-state index contributed by atoms with van der Waals surface area (Å²) in [6.45, 7) is 5.20. The number of imidazole rings is 1. The van der Waals surface area contributed by atoms with Crippen LogP contribution in [0.15, 0.2) is 36.7 Å². The Kier molecular flexibility index (Phi) is 3.36. The van der Waals surface area contributed by atoms with Crippen LogP contribution in [-0.4, -0.2) is 19.7 Å². The second-order valence-corrected chi connectivity index (χ2v) is 5.39. The summed E-state index contributed by atoms with van der Waals surface area (Å²) < 4.78 is 2.18. The van der Waals surface area contributed by atoms with E-state index >= 15 is 0 Å². The molecular weight excluding hydrogens is 262 g/mol. The first-order valence-corrected chi connectivity index (χ1v) is 6.86. The van der Waals surface area contributed by atoms with Gasteiger partial charge in [-0.1, -0.05) is 13.8 Å². The average Bonchev–Trinajstić information content (AvgIpc) is 2.85. The lowest BCUT2D eigenvalue weighted by atomic mass is 10.2. The summed E-state index contributed by atoms with van der Waals surface area (Å²) in [6.07, 6.45) is 3.37. The molecule has 0 aliphatic rings. The Morgan fingerprint density at radius 3 is 2.76 bits per heavy atom. The highest BCUT2D eigenvalue weighted by atomic mass is 15.1. The van der Waals surface area contributed by atoms with Crippen molar-refractivity contribution in [3.63, 3.8) is 0 Å². The minimum Gasteiger partial charge on any atom is -0.324 e. The SMILES string of the molecule is CC(C)Cn1c(-c2ccnnc2)nc2cc(C#N)ccc21. The molecular formula is C16H15N5.